The van der Waals surface area contributed by atoms with E-state index in [0.717, 1.165) is 12.8 Å². The van der Waals surface area contributed by atoms with Crippen LogP contribution in [0.2, 0.25) is 0 Å². The number of hydrogen-bond acceptors (Lipinski definition) is 8. The van der Waals surface area contributed by atoms with Gasteiger partial charge in [0, 0.05) is 6.42 Å². The minimum absolute atomic E-state index is 0.0289. The van der Waals surface area contributed by atoms with Crippen LogP contribution in [0.15, 0.2) is 24.3 Å². The number of methoxy groups -OCH3 is 1. The van der Waals surface area contributed by atoms with E-state index in [-0.39, 0.29) is 24.5 Å². The quantitative estimate of drug-likeness (QED) is 0.714. The molecular formula is C19H25N5O3. The molecule has 1 saturated carbocycles. The molecule has 1 fully saturated rings. The molecule has 1 heterocycles. The van der Waals surface area contributed by atoms with E-state index < -0.39 is 0 Å². The third-order valence-corrected chi connectivity index (χ3v) is 4.59. The highest BCUT2D eigenvalue weighted by molar-refractivity contribution is 5.69. The van der Waals surface area contributed by atoms with Gasteiger partial charge in [0.2, 0.25) is 11.9 Å². The number of hydrogen-bond donors (Lipinski definition) is 2. The Labute approximate surface area is 158 Å². The lowest BCUT2D eigenvalue weighted by atomic mass is 9.87. The molecule has 1 aliphatic carbocycles. The number of esters is 1. The number of nitrogens with two attached hydrogens (primary N) is 1. The predicted octanol–water partition coefficient (Wildman–Crippen LogP) is 3.22. The second-order valence-corrected chi connectivity index (χ2v) is 6.63. The molecule has 0 radical (unpaired) electrons. The van der Waals surface area contributed by atoms with E-state index in [1.807, 2.05) is 24.3 Å². The van der Waals surface area contributed by atoms with E-state index in [1.165, 1.54) is 19.3 Å². The highest BCUT2D eigenvalue weighted by Gasteiger charge is 2.18. The minimum Gasteiger partial charge on any atom is -0.495 e. The molecule has 3 rings (SSSR count). The zero-order chi connectivity index (χ0) is 19.1. The Kier molecular flexibility index (Phi) is 6.40. The lowest BCUT2D eigenvalue weighted by molar-refractivity contribution is -0.146. The van der Waals surface area contributed by atoms with Gasteiger partial charge in [0.1, 0.15) is 5.75 Å². The van der Waals surface area contributed by atoms with Crippen LogP contribution in [0.1, 0.15) is 44.3 Å². The van der Waals surface area contributed by atoms with Crippen LogP contribution in [0.5, 0.6) is 5.75 Å². The summed E-state index contributed by atoms with van der Waals surface area (Å²) in [4.78, 5) is 24.5. The first-order valence-corrected chi connectivity index (χ1v) is 9.20. The number of benzene rings is 1. The summed E-state index contributed by atoms with van der Waals surface area (Å²) in [5.74, 6) is 1.48. The number of rotatable bonds is 7. The van der Waals surface area contributed by atoms with Crippen molar-refractivity contribution in [2.45, 2.75) is 45.1 Å². The monoisotopic (exact) mass is 371 g/mol. The summed E-state index contributed by atoms with van der Waals surface area (Å²) in [5, 5.41) is 3.05. The summed E-state index contributed by atoms with van der Waals surface area (Å²) in [7, 11) is 1.58. The topological polar surface area (TPSA) is 112 Å². The molecular weight excluding hydrogens is 346 g/mol. The van der Waals surface area contributed by atoms with Gasteiger partial charge in [0.25, 0.3) is 0 Å². The summed E-state index contributed by atoms with van der Waals surface area (Å²) >= 11 is 0. The highest BCUT2D eigenvalue weighted by Crippen LogP contribution is 2.27. The van der Waals surface area contributed by atoms with Crippen molar-refractivity contribution in [2.75, 3.05) is 18.2 Å². The predicted molar refractivity (Wildman–Crippen MR) is 102 cm³/mol. The largest absolute Gasteiger partial charge is 0.495 e. The van der Waals surface area contributed by atoms with Crippen LogP contribution in [0, 0.1) is 5.92 Å². The first-order valence-electron chi connectivity index (χ1n) is 9.20. The van der Waals surface area contributed by atoms with Gasteiger partial charge in [-0.1, -0.05) is 31.4 Å². The summed E-state index contributed by atoms with van der Waals surface area (Å²) in [6, 6.07) is 7.38. The Hall–Kier alpha value is -2.90. The van der Waals surface area contributed by atoms with Crippen molar-refractivity contribution in [2.24, 2.45) is 5.92 Å². The number of anilines is 3. The molecule has 1 aromatic carbocycles. The molecule has 8 nitrogen and oxygen atoms in total. The fourth-order valence-corrected chi connectivity index (χ4v) is 3.26. The SMILES string of the molecule is COc1ccccc1Nc1nc(N)nc(COC(=O)CC2CCCCC2)n1. The number of nitrogen functional groups attached to an aromatic ring is 1. The molecule has 0 unspecified atom stereocenters. The van der Waals surface area contributed by atoms with Crippen LogP contribution in [-0.2, 0) is 16.1 Å². The van der Waals surface area contributed by atoms with Crippen molar-refractivity contribution in [3.63, 3.8) is 0 Å². The maximum atomic E-state index is 12.1. The van der Waals surface area contributed by atoms with Crippen molar-refractivity contribution in [3.8, 4) is 5.75 Å². The van der Waals surface area contributed by atoms with Gasteiger partial charge in [0.05, 0.1) is 12.8 Å². The molecule has 27 heavy (non-hydrogen) atoms. The van der Waals surface area contributed by atoms with E-state index >= 15 is 0 Å². The summed E-state index contributed by atoms with van der Waals surface area (Å²) in [5.41, 5.74) is 6.47. The molecule has 8 heteroatoms. The summed E-state index contributed by atoms with van der Waals surface area (Å²) < 4.78 is 10.6. The van der Waals surface area contributed by atoms with E-state index in [2.05, 4.69) is 20.3 Å². The smallest absolute Gasteiger partial charge is 0.306 e. The van der Waals surface area contributed by atoms with Gasteiger partial charge in [-0.3, -0.25) is 4.79 Å². The van der Waals surface area contributed by atoms with Crippen molar-refractivity contribution in [1.82, 2.24) is 15.0 Å². The Bertz CT molecular complexity index is 778. The van der Waals surface area contributed by atoms with Gasteiger partial charge >= 0.3 is 5.97 Å². The Morgan fingerprint density at radius 1 is 1.19 bits per heavy atom. The van der Waals surface area contributed by atoms with Crippen LogP contribution >= 0.6 is 0 Å². The summed E-state index contributed by atoms with van der Waals surface area (Å²) in [6.07, 6.45) is 6.30. The van der Waals surface area contributed by atoms with Gasteiger partial charge in [0.15, 0.2) is 12.4 Å². The standard InChI is InChI=1S/C19H25N5O3/c1-26-15-10-6-5-9-14(15)21-19-23-16(22-18(20)24-19)12-27-17(25)11-13-7-3-2-4-8-13/h5-6,9-10,13H,2-4,7-8,11-12H2,1H3,(H3,20,21,22,23,24). The number of ether oxygens (including phenoxy) is 2. The van der Waals surface area contributed by atoms with Gasteiger partial charge in [-0.25, -0.2) is 0 Å². The van der Waals surface area contributed by atoms with E-state index in [9.17, 15) is 4.79 Å². The molecule has 1 aliphatic rings. The van der Waals surface area contributed by atoms with Crippen molar-refractivity contribution < 1.29 is 14.3 Å². The van der Waals surface area contributed by atoms with Crippen LogP contribution in [0.3, 0.4) is 0 Å². The average molecular weight is 371 g/mol. The second-order valence-electron chi connectivity index (χ2n) is 6.63. The first-order chi connectivity index (χ1) is 13.1. The molecule has 3 N–H and O–H groups in total. The second kappa shape index (κ2) is 9.16. The first kappa shape index (κ1) is 18.9. The molecule has 1 aromatic heterocycles. The molecule has 0 saturated heterocycles. The van der Waals surface area contributed by atoms with Crippen LogP contribution in [0.4, 0.5) is 17.6 Å². The van der Waals surface area contributed by atoms with Gasteiger partial charge < -0.3 is 20.5 Å². The fourth-order valence-electron chi connectivity index (χ4n) is 3.26. The maximum Gasteiger partial charge on any atom is 0.306 e. The van der Waals surface area contributed by atoms with Crippen molar-refractivity contribution in [3.05, 3.63) is 30.1 Å². The van der Waals surface area contributed by atoms with Crippen LogP contribution in [-0.4, -0.2) is 28.0 Å². The molecule has 0 atom stereocenters. The zero-order valence-corrected chi connectivity index (χ0v) is 15.5. The van der Waals surface area contributed by atoms with Gasteiger partial charge in [-0.15, -0.1) is 0 Å². The molecule has 0 spiro atoms. The lowest BCUT2D eigenvalue weighted by Gasteiger charge is -2.20. The van der Waals surface area contributed by atoms with Crippen molar-refractivity contribution in [1.29, 1.82) is 0 Å². The lowest BCUT2D eigenvalue weighted by Crippen LogP contribution is -2.15. The fraction of sp³-hybridized carbons (Fsp3) is 0.474. The van der Waals surface area contributed by atoms with Crippen LogP contribution in [0.25, 0.3) is 0 Å². The van der Waals surface area contributed by atoms with Crippen molar-refractivity contribution >= 4 is 23.6 Å². The third-order valence-electron chi connectivity index (χ3n) is 4.59. The number of carbonyl (C=O) groups excluding carboxylic acids is 1. The highest BCUT2D eigenvalue weighted by atomic mass is 16.5. The number of para-hydroxylation sites is 2. The summed E-state index contributed by atoms with van der Waals surface area (Å²) in [6.45, 7) is -0.0289. The van der Waals surface area contributed by atoms with E-state index in [1.54, 1.807) is 7.11 Å². The minimum atomic E-state index is -0.222. The Morgan fingerprint density at radius 2 is 1.96 bits per heavy atom. The number of nitrogens with one attached hydrogen (secondary N) is 1. The van der Waals surface area contributed by atoms with E-state index in [0.29, 0.717) is 29.6 Å². The number of carbonyl (C=O) groups is 1. The van der Waals surface area contributed by atoms with Gasteiger partial charge in [-0.2, -0.15) is 15.0 Å². The Morgan fingerprint density at radius 3 is 2.74 bits per heavy atom. The molecule has 2 aromatic rings. The number of aromatic nitrogens is 3. The third kappa shape index (κ3) is 5.54. The van der Waals surface area contributed by atoms with E-state index in [4.69, 9.17) is 15.2 Å². The molecule has 0 bridgehead atoms. The van der Waals surface area contributed by atoms with Crippen LogP contribution < -0.4 is 15.8 Å². The molecule has 0 aliphatic heterocycles. The Balaban J connectivity index is 1.60. The molecule has 144 valence electrons. The zero-order valence-electron chi connectivity index (χ0n) is 15.5. The maximum absolute atomic E-state index is 12.1. The average Bonchev–Trinajstić information content (AvgIpc) is 2.67. The van der Waals surface area contributed by atoms with Gasteiger partial charge in [-0.05, 0) is 30.9 Å². The molecule has 0 amide bonds. The normalized spacial score (nSPS) is 14.6. The number of nitrogens with zero attached hydrogens (tertiary/aromatic N) is 3.